The molecule has 13 nitrogen and oxygen atoms in total. The minimum absolute atomic E-state index is 0.00972. The molecule has 0 radical (unpaired) electrons. The molecule has 0 bridgehead atoms. The minimum Gasteiger partial charge on any atom is -0.512 e. The number of aliphatic carboxylic acids is 1. The number of halogens is 2. The van der Waals surface area contributed by atoms with Gasteiger partial charge in [0.25, 0.3) is 11.8 Å². The van der Waals surface area contributed by atoms with Gasteiger partial charge in [-0.25, -0.2) is 13.6 Å². The number of ether oxygens (including phenoxy) is 1. The van der Waals surface area contributed by atoms with Crippen LogP contribution in [-0.4, -0.2) is 71.6 Å². The number of benzene rings is 6. The van der Waals surface area contributed by atoms with E-state index in [1.807, 2.05) is 154 Å². The van der Waals surface area contributed by atoms with Crippen molar-refractivity contribution in [2.24, 2.45) is 0 Å². The summed E-state index contributed by atoms with van der Waals surface area (Å²) in [5.74, 6) is -3.18. The lowest BCUT2D eigenvalue weighted by molar-refractivity contribution is -0.145. The van der Waals surface area contributed by atoms with Crippen LogP contribution in [0.3, 0.4) is 0 Å². The molecule has 0 saturated carbocycles. The molecule has 2 aromatic heterocycles. The fraction of sp³-hybridized carbons (Fsp3) is 0.242. The molecule has 2 amide bonds. The number of hydrogen-bond acceptors (Lipinski definition) is 8. The lowest BCUT2D eigenvalue weighted by atomic mass is 9.94. The van der Waals surface area contributed by atoms with Crippen LogP contribution in [0.2, 0.25) is 0 Å². The van der Waals surface area contributed by atoms with Gasteiger partial charge in [-0.1, -0.05) is 125 Å². The first kappa shape index (κ1) is 58.2. The van der Waals surface area contributed by atoms with Crippen LogP contribution in [0.15, 0.2) is 182 Å². The number of esters is 1. The van der Waals surface area contributed by atoms with Crippen molar-refractivity contribution in [2.45, 2.75) is 103 Å². The predicted molar refractivity (Wildman–Crippen MR) is 311 cm³/mol. The Labute approximate surface area is 469 Å². The van der Waals surface area contributed by atoms with Gasteiger partial charge in [0, 0.05) is 59.8 Å². The van der Waals surface area contributed by atoms with Crippen molar-refractivity contribution in [1.29, 1.82) is 0 Å². The molecule has 3 heterocycles. The number of hydrogen-bond donors (Lipinski definition) is 6. The molecule has 3 atom stereocenters. The lowest BCUT2D eigenvalue weighted by Gasteiger charge is -2.23. The van der Waals surface area contributed by atoms with Crippen LogP contribution in [0.1, 0.15) is 104 Å². The molecule has 0 saturated heterocycles. The maximum Gasteiger partial charge on any atom is 0.334 e. The Bertz CT molecular complexity index is 3470. The van der Waals surface area contributed by atoms with Gasteiger partial charge in [-0.2, -0.15) is 0 Å². The Hall–Kier alpha value is -8.92. The van der Waals surface area contributed by atoms with Crippen molar-refractivity contribution in [1.82, 2.24) is 9.13 Å². The van der Waals surface area contributed by atoms with Crippen LogP contribution in [-0.2, 0) is 27.4 Å². The van der Waals surface area contributed by atoms with Gasteiger partial charge in [0.2, 0.25) is 0 Å². The third kappa shape index (κ3) is 14.5. The van der Waals surface area contributed by atoms with Crippen LogP contribution in [0, 0.1) is 11.6 Å². The zero-order valence-electron chi connectivity index (χ0n) is 45.6. The lowest BCUT2D eigenvalue weighted by Crippen LogP contribution is -2.25. The van der Waals surface area contributed by atoms with Gasteiger partial charge in [-0.3, -0.25) is 14.4 Å². The third-order valence-corrected chi connectivity index (χ3v) is 13.9. The van der Waals surface area contributed by atoms with Crippen molar-refractivity contribution in [3.8, 4) is 44.8 Å². The minimum atomic E-state index is -1.18. The standard InChI is InChI=1S/C33H35FN2O5.C33H31FN2O4/c1-21(2)31-30(33(41)35-25-11-7-4-8-12-25)29(22-9-5-3-6-10-22)32(23-13-15-24(34)16-14-23)36(31)18-17-26(37)19-27(38)20-28(39)40;1-21(2)31-30(33(39)35-25-11-7-4-8-12-25)29(22-9-5-3-6-10-22)32(23-13-15-24(34)16-14-23)36(31)18-17-27-19-26(37)20-28(38)40-27/h3-16,21,26-27,37-38H,17-20H2,1-2H3,(H,35,41)(H,39,40);3-16,20-21,27,37H,17-19H2,1-2H3,(H,35,39)/t26-,27-;27-/m11/s1. The smallest absolute Gasteiger partial charge is 0.334 e. The number of carboxylic acid groups (broad SMARTS) is 1. The quantitative estimate of drug-likeness (QED) is 0.0403. The molecule has 8 aromatic rings. The number of carbonyl (C=O) groups is 4. The molecule has 0 fully saturated rings. The van der Waals surface area contributed by atoms with Gasteiger partial charge in [0.1, 0.15) is 23.5 Å². The Balaban J connectivity index is 0.000000212. The number of nitrogens with one attached hydrogen (secondary N) is 2. The summed E-state index contributed by atoms with van der Waals surface area (Å²) >= 11 is 0. The number of cyclic esters (lactones) is 1. The van der Waals surface area contributed by atoms with E-state index in [4.69, 9.17) is 9.84 Å². The second kappa shape index (κ2) is 26.8. The average Bonchev–Trinajstić information content (AvgIpc) is 4.16. The number of para-hydroxylation sites is 2. The second-order valence-electron chi connectivity index (χ2n) is 20.6. The summed E-state index contributed by atoms with van der Waals surface area (Å²) in [5.41, 5.74) is 9.92. The fourth-order valence-corrected chi connectivity index (χ4v) is 10.5. The first-order valence-electron chi connectivity index (χ1n) is 27.0. The van der Waals surface area contributed by atoms with Crippen LogP contribution < -0.4 is 10.6 Å². The Morgan fingerprint density at radius 3 is 1.38 bits per heavy atom. The zero-order chi connectivity index (χ0) is 57.7. The molecular formula is C66H66F2N4O9. The molecule has 15 heteroatoms. The van der Waals surface area contributed by atoms with Crippen molar-refractivity contribution in [3.05, 3.63) is 216 Å². The number of nitrogens with zero attached hydrogens (tertiary/aromatic N) is 2. The van der Waals surface area contributed by atoms with Crippen LogP contribution in [0.5, 0.6) is 0 Å². The second-order valence-corrected chi connectivity index (χ2v) is 20.6. The van der Waals surface area contributed by atoms with E-state index in [0.717, 1.165) is 45.4 Å². The van der Waals surface area contributed by atoms with Crippen molar-refractivity contribution in [2.75, 3.05) is 10.6 Å². The Morgan fingerprint density at radius 1 is 0.580 bits per heavy atom. The van der Waals surface area contributed by atoms with E-state index >= 15 is 0 Å². The first-order chi connectivity index (χ1) is 39.0. The summed E-state index contributed by atoms with van der Waals surface area (Å²) in [5, 5.41) is 45.9. The topological polar surface area (TPSA) is 192 Å². The summed E-state index contributed by atoms with van der Waals surface area (Å²) in [6.07, 6.45) is -1.28. The Kier molecular flexibility index (Phi) is 19.3. The highest BCUT2D eigenvalue weighted by Crippen LogP contribution is 2.45. The highest BCUT2D eigenvalue weighted by Gasteiger charge is 2.33. The maximum absolute atomic E-state index is 14.1. The van der Waals surface area contributed by atoms with Gasteiger partial charge in [-0.05, 0) is 120 Å². The molecule has 0 unspecified atom stereocenters. The van der Waals surface area contributed by atoms with Gasteiger partial charge < -0.3 is 44.9 Å². The van der Waals surface area contributed by atoms with E-state index in [2.05, 4.69) is 15.2 Å². The fourth-order valence-electron chi connectivity index (χ4n) is 10.5. The number of aliphatic hydroxyl groups is 3. The van der Waals surface area contributed by atoms with Crippen molar-refractivity contribution >= 4 is 35.1 Å². The van der Waals surface area contributed by atoms with Crippen molar-refractivity contribution in [3.63, 3.8) is 0 Å². The molecule has 81 heavy (non-hydrogen) atoms. The molecule has 0 spiro atoms. The number of carbonyl (C=O) groups excluding carboxylic acids is 3. The molecule has 418 valence electrons. The van der Waals surface area contributed by atoms with E-state index in [0.29, 0.717) is 52.3 Å². The van der Waals surface area contributed by atoms with Crippen LogP contribution >= 0.6 is 0 Å². The molecule has 1 aliphatic rings. The molecular weight excluding hydrogens is 1030 g/mol. The average molecular weight is 1100 g/mol. The predicted octanol–water partition coefficient (Wildman–Crippen LogP) is 13.8. The number of rotatable bonds is 20. The molecule has 0 aliphatic carbocycles. The van der Waals surface area contributed by atoms with Gasteiger partial charge in [0.05, 0.1) is 47.2 Å². The summed E-state index contributed by atoms with van der Waals surface area (Å²) in [6.45, 7) is 8.72. The number of amides is 2. The maximum atomic E-state index is 14.1. The number of anilines is 2. The van der Waals surface area contributed by atoms with E-state index in [-0.39, 0.29) is 66.9 Å². The van der Waals surface area contributed by atoms with Crippen molar-refractivity contribution < 1.29 is 53.1 Å². The monoisotopic (exact) mass is 1100 g/mol. The van der Waals surface area contributed by atoms with Gasteiger partial charge in [-0.15, -0.1) is 0 Å². The van der Waals surface area contributed by atoms with E-state index < -0.39 is 36.7 Å². The molecule has 1 aliphatic heterocycles. The van der Waals surface area contributed by atoms with Crippen LogP contribution in [0.25, 0.3) is 44.8 Å². The van der Waals surface area contributed by atoms with E-state index in [9.17, 15) is 43.3 Å². The summed E-state index contributed by atoms with van der Waals surface area (Å²) in [7, 11) is 0. The summed E-state index contributed by atoms with van der Waals surface area (Å²) < 4.78 is 37.6. The van der Waals surface area contributed by atoms with E-state index in [1.165, 1.54) is 24.3 Å². The normalized spacial score (nSPS) is 13.9. The van der Waals surface area contributed by atoms with Crippen LogP contribution in [0.4, 0.5) is 20.2 Å². The first-order valence-corrected chi connectivity index (χ1v) is 27.0. The van der Waals surface area contributed by atoms with Gasteiger partial charge in [0.15, 0.2) is 0 Å². The Morgan fingerprint density at radius 2 is 0.988 bits per heavy atom. The molecule has 6 aromatic carbocycles. The third-order valence-electron chi connectivity index (χ3n) is 13.9. The largest absolute Gasteiger partial charge is 0.512 e. The number of aliphatic hydroxyl groups excluding tert-OH is 3. The highest BCUT2D eigenvalue weighted by atomic mass is 19.1. The number of carboxylic acids is 1. The SMILES string of the molecule is CC(C)c1c(C(=O)Nc2ccccc2)c(-c2ccccc2)c(-c2ccc(F)cc2)n1CC[C@@H](O)C[C@@H](O)CC(=O)O.CC(C)c1c(C(=O)Nc2ccccc2)c(-c2ccccc2)c(-c2ccc(F)cc2)n1CC[C@@H]1CC(O)=CC(=O)O1. The molecule has 6 N–H and O–H groups in total. The zero-order valence-corrected chi connectivity index (χ0v) is 45.6. The summed E-state index contributed by atoms with van der Waals surface area (Å²) in [4.78, 5) is 51.0. The summed E-state index contributed by atoms with van der Waals surface area (Å²) in [6, 6.07) is 50.0. The van der Waals surface area contributed by atoms with E-state index in [1.54, 1.807) is 24.3 Å². The molecule has 9 rings (SSSR count). The highest BCUT2D eigenvalue weighted by molar-refractivity contribution is 6.13. The van der Waals surface area contributed by atoms with Gasteiger partial charge >= 0.3 is 11.9 Å². The number of aromatic nitrogens is 2.